The zero-order valence-corrected chi connectivity index (χ0v) is 18.0. The first-order chi connectivity index (χ1) is 14.4. The molecule has 0 aliphatic carbocycles. The SMILES string of the molecule is CC1CC(CC(=O)N2C(=O)OCC2c2ccccc2)(c2ccc(Cl)cc2)CC(C)O1. The van der Waals surface area contributed by atoms with Gasteiger partial charge in [0.2, 0.25) is 5.91 Å². The Bertz CT molecular complexity index is 905. The predicted octanol–water partition coefficient (Wildman–Crippen LogP) is 5.28. The second-order valence-corrected chi connectivity index (χ2v) is 8.83. The number of carbonyl (C=O) groups is 2. The maximum absolute atomic E-state index is 13.5. The molecule has 0 saturated carbocycles. The molecule has 30 heavy (non-hydrogen) atoms. The lowest BCUT2D eigenvalue weighted by atomic mass is 9.68. The number of amides is 2. The van der Waals surface area contributed by atoms with Crippen LogP contribution in [0.5, 0.6) is 0 Å². The molecule has 158 valence electrons. The highest BCUT2D eigenvalue weighted by molar-refractivity contribution is 6.30. The summed E-state index contributed by atoms with van der Waals surface area (Å²) in [6.07, 6.45) is 1.05. The molecule has 0 radical (unpaired) electrons. The molecule has 2 aliphatic heterocycles. The summed E-state index contributed by atoms with van der Waals surface area (Å²) in [7, 11) is 0. The van der Waals surface area contributed by atoms with Gasteiger partial charge in [-0.2, -0.15) is 0 Å². The highest BCUT2D eigenvalue weighted by Gasteiger charge is 2.46. The lowest BCUT2D eigenvalue weighted by Gasteiger charge is -2.43. The van der Waals surface area contributed by atoms with Crippen LogP contribution in [0.2, 0.25) is 5.02 Å². The second-order valence-electron chi connectivity index (χ2n) is 8.40. The molecule has 2 aliphatic rings. The van der Waals surface area contributed by atoms with Crippen LogP contribution in [0.15, 0.2) is 54.6 Å². The summed E-state index contributed by atoms with van der Waals surface area (Å²) in [5.41, 5.74) is 1.51. The van der Waals surface area contributed by atoms with Crippen molar-refractivity contribution in [3.8, 4) is 0 Å². The van der Waals surface area contributed by atoms with Gasteiger partial charge in [0.05, 0.1) is 12.2 Å². The third-order valence-corrected chi connectivity index (χ3v) is 6.35. The molecule has 3 atom stereocenters. The normalized spacial score (nSPS) is 29.0. The molecule has 0 bridgehead atoms. The highest BCUT2D eigenvalue weighted by Crippen LogP contribution is 2.44. The zero-order chi connectivity index (χ0) is 21.3. The number of hydrogen-bond donors (Lipinski definition) is 0. The van der Waals surface area contributed by atoms with Crippen LogP contribution in [0.25, 0.3) is 0 Å². The van der Waals surface area contributed by atoms with Crippen LogP contribution in [0, 0.1) is 0 Å². The number of ether oxygens (including phenoxy) is 2. The molecule has 2 saturated heterocycles. The van der Waals surface area contributed by atoms with Crippen molar-refractivity contribution in [2.45, 2.75) is 56.8 Å². The van der Waals surface area contributed by atoms with Crippen LogP contribution in [0.4, 0.5) is 4.79 Å². The molecule has 2 aromatic carbocycles. The number of rotatable bonds is 4. The van der Waals surface area contributed by atoms with Crippen LogP contribution in [-0.2, 0) is 19.7 Å². The average Bonchev–Trinajstić information content (AvgIpc) is 3.10. The third-order valence-electron chi connectivity index (χ3n) is 6.09. The van der Waals surface area contributed by atoms with Crippen molar-refractivity contribution in [2.24, 2.45) is 0 Å². The number of nitrogens with zero attached hydrogens (tertiary/aromatic N) is 1. The van der Waals surface area contributed by atoms with E-state index in [0.29, 0.717) is 17.9 Å². The van der Waals surface area contributed by atoms with Gasteiger partial charge in [0.15, 0.2) is 0 Å². The quantitative estimate of drug-likeness (QED) is 0.666. The van der Waals surface area contributed by atoms with Crippen molar-refractivity contribution in [3.05, 3.63) is 70.7 Å². The third kappa shape index (κ3) is 4.09. The fraction of sp³-hybridized carbons (Fsp3) is 0.417. The van der Waals surface area contributed by atoms with Crippen molar-refractivity contribution in [2.75, 3.05) is 6.61 Å². The van der Waals surface area contributed by atoms with E-state index in [9.17, 15) is 9.59 Å². The molecule has 2 amide bonds. The molecule has 0 aromatic heterocycles. The Kier molecular flexibility index (Phi) is 5.85. The highest BCUT2D eigenvalue weighted by atomic mass is 35.5. The first-order valence-electron chi connectivity index (χ1n) is 10.3. The van der Waals surface area contributed by atoms with E-state index in [1.807, 2.05) is 68.4 Å². The Balaban J connectivity index is 1.66. The van der Waals surface area contributed by atoms with Gasteiger partial charge in [0.1, 0.15) is 12.6 Å². The van der Waals surface area contributed by atoms with Crippen LogP contribution in [-0.4, -0.2) is 35.7 Å². The lowest BCUT2D eigenvalue weighted by Crippen LogP contribution is -2.46. The Morgan fingerprint density at radius 1 is 1.07 bits per heavy atom. The molecule has 0 N–H and O–H groups in total. The van der Waals surface area contributed by atoms with Gasteiger partial charge in [-0.3, -0.25) is 4.79 Å². The Labute approximate surface area is 181 Å². The van der Waals surface area contributed by atoms with E-state index < -0.39 is 17.6 Å². The molecule has 2 heterocycles. The summed E-state index contributed by atoms with van der Waals surface area (Å²) < 4.78 is 11.2. The summed E-state index contributed by atoms with van der Waals surface area (Å²) in [6, 6.07) is 16.8. The van der Waals surface area contributed by atoms with Gasteiger partial charge in [-0.05, 0) is 49.9 Å². The van der Waals surface area contributed by atoms with E-state index in [1.165, 1.54) is 4.90 Å². The molecule has 0 spiro atoms. The molecular formula is C24H26ClNO4. The largest absolute Gasteiger partial charge is 0.446 e. The predicted molar refractivity (Wildman–Crippen MR) is 114 cm³/mol. The summed E-state index contributed by atoms with van der Waals surface area (Å²) in [5.74, 6) is -0.220. The average molecular weight is 428 g/mol. The Morgan fingerprint density at radius 3 is 2.33 bits per heavy atom. The van der Waals surface area contributed by atoms with E-state index in [0.717, 1.165) is 11.1 Å². The topological polar surface area (TPSA) is 55.8 Å². The Morgan fingerprint density at radius 2 is 1.70 bits per heavy atom. The summed E-state index contributed by atoms with van der Waals surface area (Å²) in [6.45, 7) is 4.24. The molecule has 6 heteroatoms. The van der Waals surface area contributed by atoms with Gasteiger partial charge >= 0.3 is 6.09 Å². The van der Waals surface area contributed by atoms with Gasteiger partial charge in [-0.1, -0.05) is 54.1 Å². The molecule has 3 unspecified atom stereocenters. The number of carbonyl (C=O) groups excluding carboxylic acids is 2. The minimum Gasteiger partial charge on any atom is -0.446 e. The standard InChI is InChI=1S/C24H26ClNO4/c1-16-12-24(13-17(2)30-16,19-8-10-20(25)11-9-19)14-22(27)26-21(15-29-23(26)28)18-6-4-3-5-7-18/h3-11,16-17,21H,12-15H2,1-2H3. The number of benzene rings is 2. The van der Waals surface area contributed by atoms with Crippen LogP contribution >= 0.6 is 11.6 Å². The van der Waals surface area contributed by atoms with Crippen molar-refractivity contribution >= 4 is 23.6 Å². The lowest BCUT2D eigenvalue weighted by molar-refractivity contribution is -0.133. The first kappa shape index (κ1) is 20.9. The van der Waals surface area contributed by atoms with Gasteiger partial charge in [-0.15, -0.1) is 0 Å². The minimum atomic E-state index is -0.576. The summed E-state index contributed by atoms with van der Waals surface area (Å²) in [5, 5.41) is 0.653. The number of cyclic esters (lactones) is 1. The van der Waals surface area contributed by atoms with E-state index in [1.54, 1.807) is 0 Å². The number of imide groups is 1. The number of halogens is 1. The van der Waals surface area contributed by atoms with Crippen molar-refractivity contribution in [1.82, 2.24) is 4.90 Å². The van der Waals surface area contributed by atoms with E-state index >= 15 is 0 Å². The minimum absolute atomic E-state index is 0.00711. The molecule has 4 rings (SSSR count). The van der Waals surface area contributed by atoms with Gasteiger partial charge in [0.25, 0.3) is 0 Å². The molecular weight excluding hydrogens is 402 g/mol. The van der Waals surface area contributed by atoms with Crippen LogP contribution < -0.4 is 0 Å². The van der Waals surface area contributed by atoms with Gasteiger partial charge in [0, 0.05) is 16.9 Å². The van der Waals surface area contributed by atoms with Crippen molar-refractivity contribution in [3.63, 3.8) is 0 Å². The monoisotopic (exact) mass is 427 g/mol. The molecule has 2 aromatic rings. The van der Waals surface area contributed by atoms with E-state index in [4.69, 9.17) is 21.1 Å². The smallest absolute Gasteiger partial charge is 0.417 e. The fourth-order valence-electron chi connectivity index (χ4n) is 4.95. The van der Waals surface area contributed by atoms with E-state index in [2.05, 4.69) is 0 Å². The second kappa shape index (κ2) is 8.40. The van der Waals surface area contributed by atoms with Crippen LogP contribution in [0.1, 0.15) is 50.3 Å². The summed E-state index contributed by atoms with van der Waals surface area (Å²) in [4.78, 5) is 27.3. The number of hydrogen-bond acceptors (Lipinski definition) is 4. The van der Waals surface area contributed by atoms with Gasteiger partial charge < -0.3 is 9.47 Å². The van der Waals surface area contributed by atoms with Gasteiger partial charge in [-0.25, -0.2) is 9.69 Å². The summed E-state index contributed by atoms with van der Waals surface area (Å²) >= 11 is 6.11. The van der Waals surface area contributed by atoms with Crippen LogP contribution in [0.3, 0.4) is 0 Å². The van der Waals surface area contributed by atoms with Crippen molar-refractivity contribution < 1.29 is 19.1 Å². The molecule has 5 nitrogen and oxygen atoms in total. The molecule has 2 fully saturated rings. The maximum atomic E-state index is 13.5. The van der Waals surface area contributed by atoms with Crippen molar-refractivity contribution in [1.29, 1.82) is 0 Å². The maximum Gasteiger partial charge on any atom is 0.417 e. The first-order valence-corrected chi connectivity index (χ1v) is 10.7. The zero-order valence-electron chi connectivity index (χ0n) is 17.2. The fourth-order valence-corrected chi connectivity index (χ4v) is 5.08. The Hall–Kier alpha value is -2.37. The van der Waals surface area contributed by atoms with E-state index in [-0.39, 0.29) is 31.1 Å².